The van der Waals surface area contributed by atoms with E-state index in [2.05, 4.69) is 6.07 Å². The molecular formula is C12H20N2OS. The minimum Gasteiger partial charge on any atom is -0.337 e. The van der Waals surface area contributed by atoms with Gasteiger partial charge in [0.15, 0.2) is 0 Å². The Morgan fingerprint density at radius 3 is 2.69 bits per heavy atom. The molecule has 4 heteroatoms. The highest BCUT2D eigenvalue weighted by atomic mass is 32.1. The van der Waals surface area contributed by atoms with Crippen LogP contribution < -0.4 is 5.73 Å². The summed E-state index contributed by atoms with van der Waals surface area (Å²) in [5.74, 6) is 0.130. The van der Waals surface area contributed by atoms with Crippen molar-refractivity contribution in [3.8, 4) is 0 Å². The second-order valence-corrected chi connectivity index (χ2v) is 5.52. The summed E-state index contributed by atoms with van der Waals surface area (Å²) < 4.78 is 0. The number of nitrogens with zero attached hydrogens (tertiary/aromatic N) is 1. The van der Waals surface area contributed by atoms with Crippen molar-refractivity contribution < 1.29 is 4.79 Å². The third kappa shape index (κ3) is 3.06. The molecule has 2 N–H and O–H groups in total. The molecule has 0 radical (unpaired) electrons. The molecule has 90 valence electrons. The highest BCUT2D eigenvalue weighted by Gasteiger charge is 2.29. The van der Waals surface area contributed by atoms with Gasteiger partial charge in [0.1, 0.15) is 0 Å². The van der Waals surface area contributed by atoms with Crippen LogP contribution in [0.3, 0.4) is 0 Å². The fourth-order valence-electron chi connectivity index (χ4n) is 1.43. The van der Waals surface area contributed by atoms with Crippen molar-refractivity contribution in [3.05, 3.63) is 22.4 Å². The highest BCUT2D eigenvalue weighted by Crippen LogP contribution is 2.20. The van der Waals surface area contributed by atoms with Crippen LogP contribution >= 0.6 is 11.3 Å². The molecule has 0 aliphatic carbocycles. The van der Waals surface area contributed by atoms with E-state index in [1.54, 1.807) is 11.3 Å². The quantitative estimate of drug-likeness (QED) is 0.856. The minimum atomic E-state index is -0.465. The number of rotatable bonds is 5. The first-order chi connectivity index (χ1) is 7.51. The Morgan fingerprint density at radius 2 is 2.25 bits per heavy atom. The molecule has 0 atom stereocenters. The van der Waals surface area contributed by atoms with Crippen LogP contribution in [0.4, 0.5) is 0 Å². The molecular weight excluding hydrogens is 220 g/mol. The Labute approximate surface area is 101 Å². The summed E-state index contributed by atoms with van der Waals surface area (Å²) in [5, 5.41) is 2.03. The van der Waals surface area contributed by atoms with Gasteiger partial charge in [-0.25, -0.2) is 0 Å². The van der Waals surface area contributed by atoms with Crippen LogP contribution in [-0.4, -0.2) is 23.9 Å². The number of amides is 1. The summed E-state index contributed by atoms with van der Waals surface area (Å²) in [7, 11) is 0. The lowest BCUT2D eigenvalue weighted by atomic mass is 9.92. The molecule has 0 spiro atoms. The molecule has 0 bridgehead atoms. The van der Waals surface area contributed by atoms with E-state index in [4.69, 9.17) is 5.73 Å². The van der Waals surface area contributed by atoms with Gasteiger partial charge in [0, 0.05) is 18.0 Å². The SMILES string of the molecule is CCN(Cc1cccs1)C(=O)C(C)(C)CN. The first-order valence-corrected chi connectivity index (χ1v) is 6.41. The van der Waals surface area contributed by atoms with Gasteiger partial charge in [0.2, 0.25) is 5.91 Å². The van der Waals surface area contributed by atoms with Gasteiger partial charge in [-0.15, -0.1) is 11.3 Å². The predicted molar refractivity (Wildman–Crippen MR) is 68.2 cm³/mol. The largest absolute Gasteiger partial charge is 0.337 e. The van der Waals surface area contributed by atoms with Crippen molar-refractivity contribution >= 4 is 17.2 Å². The Bertz CT molecular complexity index is 333. The van der Waals surface area contributed by atoms with Crippen LogP contribution in [0.25, 0.3) is 0 Å². The molecule has 1 amide bonds. The standard InChI is InChI=1S/C12H20N2OS/c1-4-14(8-10-6-5-7-16-10)11(15)12(2,3)9-13/h5-7H,4,8-9,13H2,1-3H3. The topological polar surface area (TPSA) is 46.3 Å². The number of hydrogen-bond acceptors (Lipinski definition) is 3. The molecule has 0 fully saturated rings. The van der Waals surface area contributed by atoms with E-state index in [9.17, 15) is 4.79 Å². The molecule has 3 nitrogen and oxygen atoms in total. The van der Waals surface area contributed by atoms with Gasteiger partial charge >= 0.3 is 0 Å². The van der Waals surface area contributed by atoms with Crippen LogP contribution in [0.15, 0.2) is 17.5 Å². The molecule has 0 aliphatic rings. The molecule has 1 aromatic rings. The molecule has 1 heterocycles. The number of hydrogen-bond donors (Lipinski definition) is 1. The maximum Gasteiger partial charge on any atom is 0.229 e. The average molecular weight is 240 g/mol. The second kappa shape index (κ2) is 5.46. The van der Waals surface area contributed by atoms with Gasteiger partial charge in [0.05, 0.1) is 12.0 Å². The molecule has 0 aromatic carbocycles. The van der Waals surface area contributed by atoms with Crippen LogP contribution in [0.5, 0.6) is 0 Å². The van der Waals surface area contributed by atoms with Gasteiger partial charge in [-0.1, -0.05) is 6.07 Å². The van der Waals surface area contributed by atoms with Gasteiger partial charge in [-0.2, -0.15) is 0 Å². The van der Waals surface area contributed by atoms with Crippen LogP contribution in [0.2, 0.25) is 0 Å². The Hall–Kier alpha value is -0.870. The van der Waals surface area contributed by atoms with Crippen molar-refractivity contribution in [2.75, 3.05) is 13.1 Å². The van der Waals surface area contributed by atoms with Gasteiger partial charge < -0.3 is 10.6 Å². The summed E-state index contributed by atoms with van der Waals surface area (Å²) in [6.45, 7) is 7.58. The maximum absolute atomic E-state index is 12.2. The molecule has 0 aliphatic heterocycles. The fraction of sp³-hybridized carbons (Fsp3) is 0.583. The van der Waals surface area contributed by atoms with Gasteiger partial charge in [-0.05, 0) is 32.2 Å². The normalized spacial score (nSPS) is 11.5. The number of thiophene rings is 1. The predicted octanol–water partition coefficient (Wildman–Crippen LogP) is 2.08. The third-order valence-corrected chi connectivity index (χ3v) is 3.55. The van der Waals surface area contributed by atoms with E-state index in [0.29, 0.717) is 13.1 Å². The van der Waals surface area contributed by atoms with Crippen molar-refractivity contribution in [2.24, 2.45) is 11.1 Å². The lowest BCUT2D eigenvalue weighted by Crippen LogP contribution is -2.44. The smallest absolute Gasteiger partial charge is 0.229 e. The highest BCUT2D eigenvalue weighted by molar-refractivity contribution is 7.09. The van der Waals surface area contributed by atoms with Crippen LogP contribution in [-0.2, 0) is 11.3 Å². The number of carbonyl (C=O) groups excluding carboxylic acids is 1. The minimum absolute atomic E-state index is 0.130. The third-order valence-electron chi connectivity index (χ3n) is 2.68. The van der Waals surface area contributed by atoms with E-state index in [1.807, 2.05) is 37.1 Å². The Kier molecular flexibility index (Phi) is 4.50. The van der Waals surface area contributed by atoms with Gasteiger partial charge in [-0.3, -0.25) is 4.79 Å². The Balaban J connectivity index is 2.71. The zero-order valence-corrected chi connectivity index (χ0v) is 11.0. The molecule has 0 unspecified atom stereocenters. The molecule has 0 saturated heterocycles. The summed E-state index contributed by atoms with van der Waals surface area (Å²) >= 11 is 1.68. The summed E-state index contributed by atoms with van der Waals surface area (Å²) in [4.78, 5) is 15.3. The first kappa shape index (κ1) is 13.2. The van der Waals surface area contributed by atoms with Crippen molar-refractivity contribution in [3.63, 3.8) is 0 Å². The van der Waals surface area contributed by atoms with Crippen molar-refractivity contribution in [1.29, 1.82) is 0 Å². The average Bonchev–Trinajstić information content (AvgIpc) is 2.77. The zero-order chi connectivity index (χ0) is 12.2. The summed E-state index contributed by atoms with van der Waals surface area (Å²) in [6.07, 6.45) is 0. The maximum atomic E-state index is 12.2. The molecule has 1 aromatic heterocycles. The fourth-order valence-corrected chi connectivity index (χ4v) is 2.15. The summed E-state index contributed by atoms with van der Waals surface area (Å²) in [6, 6.07) is 4.06. The Morgan fingerprint density at radius 1 is 1.56 bits per heavy atom. The lowest BCUT2D eigenvalue weighted by Gasteiger charge is -2.30. The second-order valence-electron chi connectivity index (χ2n) is 4.49. The van der Waals surface area contributed by atoms with E-state index in [0.717, 1.165) is 6.54 Å². The molecule has 16 heavy (non-hydrogen) atoms. The monoisotopic (exact) mass is 240 g/mol. The van der Waals surface area contributed by atoms with Crippen LogP contribution in [0.1, 0.15) is 25.6 Å². The number of nitrogens with two attached hydrogens (primary N) is 1. The van der Waals surface area contributed by atoms with E-state index >= 15 is 0 Å². The van der Waals surface area contributed by atoms with E-state index in [1.165, 1.54) is 4.88 Å². The van der Waals surface area contributed by atoms with E-state index in [-0.39, 0.29) is 5.91 Å². The number of carbonyl (C=O) groups is 1. The molecule has 1 rings (SSSR count). The summed E-state index contributed by atoms with van der Waals surface area (Å²) in [5.41, 5.74) is 5.16. The van der Waals surface area contributed by atoms with Crippen molar-refractivity contribution in [1.82, 2.24) is 4.90 Å². The molecule has 0 saturated carbocycles. The van der Waals surface area contributed by atoms with Crippen LogP contribution in [0, 0.1) is 5.41 Å². The van der Waals surface area contributed by atoms with Gasteiger partial charge in [0.25, 0.3) is 0 Å². The first-order valence-electron chi connectivity index (χ1n) is 5.53. The zero-order valence-electron chi connectivity index (χ0n) is 10.2. The van der Waals surface area contributed by atoms with E-state index < -0.39 is 5.41 Å². The van der Waals surface area contributed by atoms with Crippen molar-refractivity contribution in [2.45, 2.75) is 27.3 Å². The lowest BCUT2D eigenvalue weighted by molar-refractivity contribution is -0.140.